The Morgan fingerprint density at radius 1 is 1.53 bits per heavy atom. The van der Waals surface area contributed by atoms with E-state index in [4.69, 9.17) is 11.6 Å². The Balaban J connectivity index is 2.22. The van der Waals surface area contributed by atoms with Crippen LogP contribution in [0.5, 0.6) is 0 Å². The zero-order valence-corrected chi connectivity index (χ0v) is 9.39. The van der Waals surface area contributed by atoms with Crippen molar-refractivity contribution >= 4 is 11.6 Å². The van der Waals surface area contributed by atoms with Gasteiger partial charge >= 0.3 is 0 Å². The van der Waals surface area contributed by atoms with Gasteiger partial charge in [0.25, 0.3) is 0 Å². The number of halogens is 2. The Morgan fingerprint density at radius 2 is 2.20 bits per heavy atom. The molecule has 0 spiro atoms. The van der Waals surface area contributed by atoms with Crippen molar-refractivity contribution in [2.24, 2.45) is 5.41 Å². The molecule has 1 aromatic carbocycles. The van der Waals surface area contributed by atoms with Crippen LogP contribution in [0.15, 0.2) is 18.2 Å². The fourth-order valence-electron chi connectivity index (χ4n) is 1.97. The maximum absolute atomic E-state index is 13.6. The van der Waals surface area contributed by atoms with Gasteiger partial charge in [0.15, 0.2) is 0 Å². The van der Waals surface area contributed by atoms with Gasteiger partial charge < -0.3 is 5.11 Å². The van der Waals surface area contributed by atoms with E-state index in [1.54, 1.807) is 25.1 Å². The molecule has 1 nitrogen and oxygen atoms in total. The van der Waals surface area contributed by atoms with Gasteiger partial charge in [0.05, 0.1) is 11.1 Å². The van der Waals surface area contributed by atoms with Crippen LogP contribution < -0.4 is 0 Å². The molecule has 0 aliphatic heterocycles. The summed E-state index contributed by atoms with van der Waals surface area (Å²) in [5.74, 6) is -0.342. The summed E-state index contributed by atoms with van der Waals surface area (Å²) in [5.41, 5.74) is 0.506. The highest BCUT2D eigenvalue weighted by molar-refractivity contribution is 6.30. The fourth-order valence-corrected chi connectivity index (χ4v) is 2.16. The average molecular weight is 229 g/mol. The van der Waals surface area contributed by atoms with Crippen LogP contribution in [-0.2, 0) is 6.42 Å². The van der Waals surface area contributed by atoms with Crippen molar-refractivity contribution in [1.29, 1.82) is 0 Å². The van der Waals surface area contributed by atoms with Crippen molar-refractivity contribution in [2.75, 3.05) is 0 Å². The van der Waals surface area contributed by atoms with Crippen molar-refractivity contribution in [1.82, 2.24) is 0 Å². The zero-order chi connectivity index (χ0) is 11.1. The number of rotatable bonds is 3. The summed E-state index contributed by atoms with van der Waals surface area (Å²) >= 11 is 5.71. The van der Waals surface area contributed by atoms with Crippen LogP contribution in [0.3, 0.4) is 0 Å². The summed E-state index contributed by atoms with van der Waals surface area (Å²) in [7, 11) is 0. The molecule has 1 fully saturated rings. The Bertz CT molecular complexity index is 372. The summed E-state index contributed by atoms with van der Waals surface area (Å²) in [6.45, 7) is 1.77. The maximum Gasteiger partial charge on any atom is 0.144 e. The minimum absolute atomic E-state index is 0.106. The van der Waals surface area contributed by atoms with Gasteiger partial charge in [-0.15, -0.1) is 0 Å². The van der Waals surface area contributed by atoms with Gasteiger partial charge in [-0.1, -0.05) is 23.7 Å². The van der Waals surface area contributed by atoms with Gasteiger partial charge in [-0.05, 0) is 37.8 Å². The van der Waals surface area contributed by atoms with Crippen LogP contribution in [0.4, 0.5) is 4.39 Å². The highest BCUT2D eigenvalue weighted by Crippen LogP contribution is 2.51. The molecule has 15 heavy (non-hydrogen) atoms. The highest BCUT2D eigenvalue weighted by atomic mass is 35.5. The van der Waals surface area contributed by atoms with E-state index in [1.165, 1.54) is 0 Å². The van der Waals surface area contributed by atoms with Gasteiger partial charge in [0.1, 0.15) is 5.82 Å². The van der Waals surface area contributed by atoms with Crippen molar-refractivity contribution in [2.45, 2.75) is 32.3 Å². The van der Waals surface area contributed by atoms with Crippen molar-refractivity contribution in [3.05, 3.63) is 34.6 Å². The van der Waals surface area contributed by atoms with Gasteiger partial charge in [-0.25, -0.2) is 4.39 Å². The lowest BCUT2D eigenvalue weighted by Crippen LogP contribution is -2.21. The number of aliphatic hydroxyl groups excluding tert-OH is 1. The minimum Gasteiger partial charge on any atom is -0.393 e. The van der Waals surface area contributed by atoms with Crippen LogP contribution in [0.25, 0.3) is 0 Å². The predicted molar refractivity (Wildman–Crippen MR) is 58.5 cm³/mol. The normalized spacial score (nSPS) is 20.0. The van der Waals surface area contributed by atoms with E-state index in [-0.39, 0.29) is 22.4 Å². The lowest BCUT2D eigenvalue weighted by molar-refractivity contribution is 0.110. The molecule has 1 atom stereocenters. The zero-order valence-electron chi connectivity index (χ0n) is 8.63. The molecule has 0 aromatic heterocycles. The third kappa shape index (κ3) is 2.01. The molecule has 0 heterocycles. The third-order valence-electron chi connectivity index (χ3n) is 3.35. The number of hydrogen-bond acceptors (Lipinski definition) is 1. The van der Waals surface area contributed by atoms with Crippen molar-refractivity contribution in [3.63, 3.8) is 0 Å². The van der Waals surface area contributed by atoms with Crippen LogP contribution in [0.2, 0.25) is 5.02 Å². The summed E-state index contributed by atoms with van der Waals surface area (Å²) in [4.78, 5) is 0. The third-order valence-corrected chi connectivity index (χ3v) is 3.64. The number of benzene rings is 1. The van der Waals surface area contributed by atoms with Crippen molar-refractivity contribution in [3.8, 4) is 0 Å². The van der Waals surface area contributed by atoms with E-state index in [2.05, 4.69) is 0 Å². The maximum atomic E-state index is 13.6. The van der Waals surface area contributed by atoms with Crippen molar-refractivity contribution < 1.29 is 9.50 Å². The van der Waals surface area contributed by atoms with E-state index in [9.17, 15) is 9.50 Å². The largest absolute Gasteiger partial charge is 0.393 e. The molecule has 1 unspecified atom stereocenters. The molecule has 3 heteroatoms. The van der Waals surface area contributed by atoms with Crippen LogP contribution in [0.1, 0.15) is 25.3 Å². The molecule has 1 N–H and O–H groups in total. The first-order valence-electron chi connectivity index (χ1n) is 5.16. The molecule has 1 aliphatic carbocycles. The van der Waals surface area contributed by atoms with E-state index in [1.807, 2.05) is 0 Å². The summed E-state index contributed by atoms with van der Waals surface area (Å²) in [5, 5.41) is 9.77. The molecule has 0 bridgehead atoms. The Labute approximate surface area is 93.9 Å². The molecular formula is C12H14ClFO. The number of hydrogen-bond donors (Lipinski definition) is 1. The smallest absolute Gasteiger partial charge is 0.144 e. The first-order valence-corrected chi connectivity index (χ1v) is 5.54. The Kier molecular flexibility index (Phi) is 2.73. The molecule has 82 valence electrons. The van der Waals surface area contributed by atoms with Crippen LogP contribution >= 0.6 is 11.6 Å². The summed E-state index contributed by atoms with van der Waals surface area (Å²) in [6, 6.07) is 5.03. The van der Waals surface area contributed by atoms with Gasteiger partial charge in [-0.3, -0.25) is 0 Å². The molecule has 1 aromatic rings. The first kappa shape index (κ1) is 10.9. The molecule has 1 aliphatic rings. The molecule has 0 radical (unpaired) electrons. The average Bonchev–Trinajstić information content (AvgIpc) is 2.94. The Hall–Kier alpha value is -0.600. The standard InChI is InChI=1S/C12H14ClFO/c1-8(15)12(5-6-12)7-9-3-2-4-10(13)11(9)14/h2-4,8,15H,5-7H2,1H3. The fraction of sp³-hybridized carbons (Fsp3) is 0.500. The van der Waals surface area contributed by atoms with E-state index >= 15 is 0 Å². The Morgan fingerprint density at radius 3 is 2.73 bits per heavy atom. The SMILES string of the molecule is CC(O)C1(Cc2cccc(Cl)c2F)CC1. The monoisotopic (exact) mass is 228 g/mol. The van der Waals surface area contributed by atoms with E-state index in [0.29, 0.717) is 12.0 Å². The lowest BCUT2D eigenvalue weighted by atomic mass is 9.91. The second kappa shape index (κ2) is 3.76. The minimum atomic E-state index is -0.379. The van der Waals surface area contributed by atoms with Gasteiger partial charge in [-0.2, -0.15) is 0 Å². The van der Waals surface area contributed by atoms with Gasteiger partial charge in [0, 0.05) is 5.41 Å². The predicted octanol–water partition coefficient (Wildman–Crippen LogP) is 3.18. The second-order valence-corrected chi connectivity index (χ2v) is 4.84. The van der Waals surface area contributed by atoms with Crippen LogP contribution in [0, 0.1) is 11.2 Å². The molecule has 2 rings (SSSR count). The number of aliphatic hydroxyl groups is 1. The first-order chi connectivity index (χ1) is 7.05. The van der Waals surface area contributed by atoms with E-state index < -0.39 is 0 Å². The van der Waals surface area contributed by atoms with Crippen LogP contribution in [-0.4, -0.2) is 11.2 Å². The molecule has 0 amide bonds. The molecular weight excluding hydrogens is 215 g/mol. The molecule has 1 saturated carbocycles. The van der Waals surface area contributed by atoms with Gasteiger partial charge in [0.2, 0.25) is 0 Å². The quantitative estimate of drug-likeness (QED) is 0.843. The lowest BCUT2D eigenvalue weighted by Gasteiger charge is -2.18. The second-order valence-electron chi connectivity index (χ2n) is 4.43. The highest BCUT2D eigenvalue weighted by Gasteiger charge is 2.47. The summed E-state index contributed by atoms with van der Waals surface area (Å²) in [6.07, 6.45) is 2.14. The summed E-state index contributed by atoms with van der Waals surface area (Å²) < 4.78 is 13.6. The van der Waals surface area contributed by atoms with E-state index in [0.717, 1.165) is 12.8 Å². The topological polar surface area (TPSA) is 20.2 Å². The molecule has 0 saturated heterocycles.